The number of amides is 1. The SMILES string of the molecule is O=C(NC1(C(=O)O)CCSC1)C12CC3CC(CC(C3)C1)C2. The number of carbonyl (C=O) groups is 2. The Hall–Kier alpha value is -0.710. The van der Waals surface area contributed by atoms with E-state index < -0.39 is 11.5 Å². The number of nitrogens with one attached hydrogen (secondary N) is 1. The standard InChI is InChI=1S/C16H23NO3S/c18-13(17-16(14(19)20)1-2-21-9-16)15-6-10-3-11(7-15)5-12(4-10)8-15/h10-12H,1-9H2,(H,17,18)(H,19,20). The molecule has 1 amide bonds. The molecule has 5 heteroatoms. The quantitative estimate of drug-likeness (QED) is 0.839. The molecule has 4 bridgehead atoms. The summed E-state index contributed by atoms with van der Waals surface area (Å²) < 4.78 is 0. The van der Waals surface area contributed by atoms with Gasteiger partial charge >= 0.3 is 5.97 Å². The second kappa shape index (κ2) is 4.64. The molecule has 5 aliphatic rings. The predicted molar refractivity (Wildman–Crippen MR) is 81.1 cm³/mol. The van der Waals surface area contributed by atoms with Crippen LogP contribution in [0.15, 0.2) is 0 Å². The molecule has 1 unspecified atom stereocenters. The van der Waals surface area contributed by atoms with E-state index in [2.05, 4.69) is 5.32 Å². The fourth-order valence-corrected chi connectivity index (χ4v) is 6.95. The molecule has 1 atom stereocenters. The van der Waals surface area contributed by atoms with Crippen LogP contribution in [0, 0.1) is 23.2 Å². The Bertz CT molecular complexity index is 449. The van der Waals surface area contributed by atoms with Gasteiger partial charge in [0.25, 0.3) is 0 Å². The average molecular weight is 309 g/mol. The monoisotopic (exact) mass is 309 g/mol. The van der Waals surface area contributed by atoms with E-state index in [9.17, 15) is 14.7 Å². The zero-order valence-corrected chi connectivity index (χ0v) is 13.1. The Morgan fingerprint density at radius 1 is 1.05 bits per heavy atom. The molecule has 0 aromatic rings. The normalized spacial score (nSPS) is 47.5. The third kappa shape index (κ3) is 2.11. The predicted octanol–water partition coefficient (Wildman–Crippen LogP) is 2.28. The van der Waals surface area contributed by atoms with Crippen LogP contribution in [0.2, 0.25) is 0 Å². The second-order valence-electron chi connectivity index (χ2n) is 7.84. The number of carbonyl (C=O) groups excluding carboxylic acids is 1. The van der Waals surface area contributed by atoms with Crippen LogP contribution in [0.1, 0.15) is 44.9 Å². The first-order valence-corrected chi connectivity index (χ1v) is 9.31. The highest BCUT2D eigenvalue weighted by Gasteiger charge is 2.56. The fourth-order valence-electron chi connectivity index (χ4n) is 5.62. The summed E-state index contributed by atoms with van der Waals surface area (Å²) in [7, 11) is 0. The summed E-state index contributed by atoms with van der Waals surface area (Å²) in [5.41, 5.74) is -1.25. The molecule has 4 saturated carbocycles. The van der Waals surface area contributed by atoms with Gasteiger partial charge in [-0.3, -0.25) is 4.79 Å². The molecule has 116 valence electrons. The molecule has 0 aromatic carbocycles. The van der Waals surface area contributed by atoms with Crippen LogP contribution in [0.5, 0.6) is 0 Å². The van der Waals surface area contributed by atoms with Crippen molar-refractivity contribution in [3.05, 3.63) is 0 Å². The van der Waals surface area contributed by atoms with Crippen LogP contribution >= 0.6 is 11.8 Å². The van der Waals surface area contributed by atoms with Crippen molar-refractivity contribution in [1.29, 1.82) is 0 Å². The average Bonchev–Trinajstić information content (AvgIpc) is 2.87. The van der Waals surface area contributed by atoms with Crippen LogP contribution in [0.3, 0.4) is 0 Å². The lowest BCUT2D eigenvalue weighted by Gasteiger charge is -2.56. The van der Waals surface area contributed by atoms with E-state index in [4.69, 9.17) is 0 Å². The van der Waals surface area contributed by atoms with Crippen molar-refractivity contribution >= 4 is 23.6 Å². The minimum absolute atomic E-state index is 0.0477. The third-order valence-corrected chi connectivity index (χ3v) is 7.49. The van der Waals surface area contributed by atoms with E-state index in [0.717, 1.165) is 25.0 Å². The summed E-state index contributed by atoms with van der Waals surface area (Å²) in [6.45, 7) is 0. The number of rotatable bonds is 3. The van der Waals surface area contributed by atoms with E-state index >= 15 is 0 Å². The molecule has 21 heavy (non-hydrogen) atoms. The summed E-state index contributed by atoms with van der Waals surface area (Å²) >= 11 is 1.63. The number of carboxylic acid groups (broad SMARTS) is 1. The van der Waals surface area contributed by atoms with Gasteiger partial charge < -0.3 is 10.4 Å². The summed E-state index contributed by atoms with van der Waals surface area (Å²) in [6.07, 6.45) is 7.44. The van der Waals surface area contributed by atoms with Gasteiger partial charge in [0.2, 0.25) is 5.91 Å². The zero-order chi connectivity index (χ0) is 14.7. The molecular weight excluding hydrogens is 286 g/mol. The van der Waals surface area contributed by atoms with E-state index in [1.54, 1.807) is 11.8 Å². The highest BCUT2D eigenvalue weighted by Crippen LogP contribution is 2.60. The Morgan fingerprint density at radius 2 is 1.62 bits per heavy atom. The van der Waals surface area contributed by atoms with Crippen LogP contribution in [-0.4, -0.2) is 34.0 Å². The van der Waals surface area contributed by atoms with Crippen molar-refractivity contribution in [2.75, 3.05) is 11.5 Å². The van der Waals surface area contributed by atoms with Gasteiger partial charge in [-0.1, -0.05) is 0 Å². The molecular formula is C16H23NO3S. The van der Waals surface area contributed by atoms with Gasteiger partial charge in [0.15, 0.2) is 0 Å². The van der Waals surface area contributed by atoms with Gasteiger partial charge in [0.1, 0.15) is 5.54 Å². The van der Waals surface area contributed by atoms with Crippen molar-refractivity contribution in [2.24, 2.45) is 23.2 Å². The Kier molecular flexibility index (Phi) is 3.08. The lowest BCUT2D eigenvalue weighted by atomic mass is 9.49. The highest BCUT2D eigenvalue weighted by atomic mass is 32.2. The number of carboxylic acids is 1. The summed E-state index contributed by atoms with van der Waals surface area (Å²) in [5, 5.41) is 12.6. The molecule has 5 fully saturated rings. The minimum Gasteiger partial charge on any atom is -0.479 e. The molecule has 0 radical (unpaired) electrons. The molecule has 4 nitrogen and oxygen atoms in total. The second-order valence-corrected chi connectivity index (χ2v) is 8.95. The number of hydrogen-bond acceptors (Lipinski definition) is 3. The zero-order valence-electron chi connectivity index (χ0n) is 12.3. The number of hydrogen-bond donors (Lipinski definition) is 2. The fraction of sp³-hybridized carbons (Fsp3) is 0.875. The van der Waals surface area contributed by atoms with Crippen molar-refractivity contribution in [1.82, 2.24) is 5.32 Å². The van der Waals surface area contributed by atoms with Gasteiger partial charge in [-0.15, -0.1) is 0 Å². The van der Waals surface area contributed by atoms with Gasteiger partial charge in [-0.2, -0.15) is 11.8 Å². The Labute approximate surface area is 129 Å². The van der Waals surface area contributed by atoms with Crippen molar-refractivity contribution in [3.8, 4) is 0 Å². The highest BCUT2D eigenvalue weighted by molar-refractivity contribution is 7.99. The van der Waals surface area contributed by atoms with Gasteiger partial charge in [0.05, 0.1) is 0 Å². The van der Waals surface area contributed by atoms with E-state index in [1.165, 1.54) is 19.3 Å². The maximum absolute atomic E-state index is 13.0. The van der Waals surface area contributed by atoms with E-state index in [1.807, 2.05) is 0 Å². The largest absolute Gasteiger partial charge is 0.479 e. The lowest BCUT2D eigenvalue weighted by Crippen LogP contribution is -2.61. The summed E-state index contributed by atoms with van der Waals surface area (Å²) in [5.74, 6) is 2.66. The molecule has 4 aliphatic carbocycles. The van der Waals surface area contributed by atoms with Crippen molar-refractivity contribution in [3.63, 3.8) is 0 Å². The van der Waals surface area contributed by atoms with Crippen LogP contribution in [0.4, 0.5) is 0 Å². The molecule has 1 aliphatic heterocycles. The van der Waals surface area contributed by atoms with E-state index in [-0.39, 0.29) is 11.3 Å². The maximum Gasteiger partial charge on any atom is 0.330 e. The van der Waals surface area contributed by atoms with Gasteiger partial charge in [-0.05, 0) is 68.5 Å². The van der Waals surface area contributed by atoms with Crippen LogP contribution in [-0.2, 0) is 9.59 Å². The molecule has 1 heterocycles. The first kappa shape index (κ1) is 13.9. The minimum atomic E-state index is -1.01. The molecule has 0 spiro atoms. The number of thioether (sulfide) groups is 1. The van der Waals surface area contributed by atoms with Crippen LogP contribution < -0.4 is 5.32 Å². The summed E-state index contributed by atoms with van der Waals surface area (Å²) in [4.78, 5) is 24.6. The smallest absolute Gasteiger partial charge is 0.330 e. The van der Waals surface area contributed by atoms with Crippen molar-refractivity contribution < 1.29 is 14.7 Å². The number of aliphatic carboxylic acids is 1. The first-order chi connectivity index (χ1) is 10.0. The first-order valence-electron chi connectivity index (χ1n) is 8.15. The third-order valence-electron chi connectivity index (χ3n) is 6.30. The molecule has 0 aromatic heterocycles. The Morgan fingerprint density at radius 3 is 2.05 bits per heavy atom. The van der Waals surface area contributed by atoms with Crippen LogP contribution in [0.25, 0.3) is 0 Å². The molecule has 2 N–H and O–H groups in total. The van der Waals surface area contributed by atoms with E-state index in [0.29, 0.717) is 29.9 Å². The molecule has 5 rings (SSSR count). The van der Waals surface area contributed by atoms with Gasteiger partial charge in [0, 0.05) is 11.2 Å². The maximum atomic E-state index is 13.0. The van der Waals surface area contributed by atoms with Gasteiger partial charge in [-0.25, -0.2) is 4.79 Å². The van der Waals surface area contributed by atoms with Crippen molar-refractivity contribution in [2.45, 2.75) is 50.5 Å². The lowest BCUT2D eigenvalue weighted by molar-refractivity contribution is -0.155. The topological polar surface area (TPSA) is 66.4 Å². The summed E-state index contributed by atoms with van der Waals surface area (Å²) in [6, 6.07) is 0. The molecule has 1 saturated heterocycles. The Balaban J connectivity index is 1.56.